The Hall–Kier alpha value is 0.380. The number of aryl methyl sites for hydroxylation is 1. The van der Waals surface area contributed by atoms with Crippen LogP contribution >= 0.6 is 46.4 Å². The summed E-state index contributed by atoms with van der Waals surface area (Å²) in [6, 6.07) is 5.24. The topological polar surface area (TPSA) is 0 Å². The number of rotatable bonds is 0. The summed E-state index contributed by atoms with van der Waals surface area (Å²) in [6.07, 6.45) is 0. The van der Waals surface area contributed by atoms with Crippen LogP contribution in [0.5, 0.6) is 0 Å². The highest BCUT2D eigenvalue weighted by Gasteiger charge is 2.22. The van der Waals surface area contributed by atoms with Crippen LogP contribution in [0.3, 0.4) is 0 Å². The Labute approximate surface area is 91.4 Å². The molecule has 0 unspecified atom stereocenters. The Balaban J connectivity index is 3.18. The van der Waals surface area contributed by atoms with E-state index in [0.717, 1.165) is 5.56 Å². The van der Waals surface area contributed by atoms with Crippen molar-refractivity contribution in [3.8, 4) is 0 Å². The van der Waals surface area contributed by atoms with Crippen LogP contribution in [0.4, 0.5) is 0 Å². The summed E-state index contributed by atoms with van der Waals surface area (Å²) in [4.78, 5) is 0. The van der Waals surface area contributed by atoms with Crippen LogP contribution in [-0.4, -0.2) is 0 Å². The predicted octanol–water partition coefficient (Wildman–Crippen LogP) is 4.48. The average molecular weight is 244 g/mol. The lowest BCUT2D eigenvalue weighted by Crippen LogP contribution is -1.99. The molecule has 0 nitrogen and oxygen atoms in total. The zero-order valence-corrected chi connectivity index (χ0v) is 9.27. The third kappa shape index (κ3) is 2.70. The van der Waals surface area contributed by atoms with Crippen molar-refractivity contribution < 1.29 is 0 Å². The molecule has 0 aromatic heterocycles. The molecular formula is C8H6Cl4. The summed E-state index contributed by atoms with van der Waals surface area (Å²) in [7, 11) is 0. The van der Waals surface area contributed by atoms with Crippen molar-refractivity contribution in [2.75, 3.05) is 0 Å². The summed E-state index contributed by atoms with van der Waals surface area (Å²) in [5, 5.41) is 0.580. The van der Waals surface area contributed by atoms with E-state index < -0.39 is 3.79 Å². The number of alkyl halides is 3. The molecule has 1 aromatic rings. The lowest BCUT2D eigenvalue weighted by atomic mass is 10.2. The standard InChI is InChI=1S/C8H6Cl4/c1-5-2-6(8(10,11)12)4-7(9)3-5/h2-4H,1H3. The van der Waals surface area contributed by atoms with Gasteiger partial charge < -0.3 is 0 Å². The molecule has 4 heteroatoms. The van der Waals surface area contributed by atoms with Crippen LogP contribution in [0, 0.1) is 6.92 Å². The molecule has 0 saturated heterocycles. The van der Waals surface area contributed by atoms with Crippen molar-refractivity contribution in [2.45, 2.75) is 10.7 Å². The van der Waals surface area contributed by atoms with E-state index in [1.54, 1.807) is 12.1 Å². The van der Waals surface area contributed by atoms with E-state index in [1.165, 1.54) is 0 Å². The van der Waals surface area contributed by atoms with Gasteiger partial charge in [0.15, 0.2) is 0 Å². The highest BCUT2D eigenvalue weighted by Crippen LogP contribution is 2.39. The molecular weight excluding hydrogens is 238 g/mol. The predicted molar refractivity (Wildman–Crippen MR) is 55.4 cm³/mol. The summed E-state index contributed by atoms with van der Waals surface area (Å²) in [5.74, 6) is 0. The van der Waals surface area contributed by atoms with Crippen molar-refractivity contribution in [1.29, 1.82) is 0 Å². The lowest BCUT2D eigenvalue weighted by molar-refractivity contribution is 1.22. The minimum Gasteiger partial charge on any atom is -0.0843 e. The van der Waals surface area contributed by atoms with Gasteiger partial charge in [-0.05, 0) is 24.6 Å². The van der Waals surface area contributed by atoms with E-state index in [1.807, 2.05) is 13.0 Å². The Morgan fingerprint density at radius 2 is 1.67 bits per heavy atom. The molecule has 0 aliphatic carbocycles. The Kier molecular flexibility index (Phi) is 3.16. The third-order valence-corrected chi connectivity index (χ3v) is 2.24. The van der Waals surface area contributed by atoms with Crippen LogP contribution in [0.25, 0.3) is 0 Å². The maximum atomic E-state index is 5.78. The summed E-state index contributed by atoms with van der Waals surface area (Å²) >= 11 is 22.8. The normalized spacial score (nSPS) is 11.8. The minimum atomic E-state index is -1.39. The number of benzene rings is 1. The van der Waals surface area contributed by atoms with Crippen LogP contribution < -0.4 is 0 Å². The van der Waals surface area contributed by atoms with Gasteiger partial charge in [-0.15, -0.1) is 0 Å². The Morgan fingerprint density at radius 3 is 2.08 bits per heavy atom. The molecule has 0 atom stereocenters. The molecule has 0 fully saturated rings. The molecule has 0 bridgehead atoms. The van der Waals surface area contributed by atoms with E-state index in [2.05, 4.69) is 0 Å². The number of hydrogen-bond donors (Lipinski definition) is 0. The molecule has 0 radical (unpaired) electrons. The van der Waals surface area contributed by atoms with Gasteiger partial charge in [0.25, 0.3) is 0 Å². The van der Waals surface area contributed by atoms with Gasteiger partial charge in [0.05, 0.1) is 0 Å². The van der Waals surface area contributed by atoms with E-state index >= 15 is 0 Å². The quantitative estimate of drug-likeness (QED) is 0.590. The fraction of sp³-hybridized carbons (Fsp3) is 0.250. The fourth-order valence-corrected chi connectivity index (χ4v) is 1.52. The second-order valence-corrected chi connectivity index (χ2v) is 5.23. The van der Waals surface area contributed by atoms with Gasteiger partial charge in [0.1, 0.15) is 0 Å². The lowest BCUT2D eigenvalue weighted by Gasteiger charge is -2.11. The van der Waals surface area contributed by atoms with Gasteiger partial charge in [0.2, 0.25) is 3.79 Å². The van der Waals surface area contributed by atoms with Crippen molar-refractivity contribution in [3.63, 3.8) is 0 Å². The molecule has 0 aliphatic heterocycles. The van der Waals surface area contributed by atoms with Crippen molar-refractivity contribution in [1.82, 2.24) is 0 Å². The monoisotopic (exact) mass is 242 g/mol. The van der Waals surface area contributed by atoms with Crippen molar-refractivity contribution in [2.24, 2.45) is 0 Å². The van der Waals surface area contributed by atoms with E-state index in [9.17, 15) is 0 Å². The summed E-state index contributed by atoms with van der Waals surface area (Å²) < 4.78 is -1.39. The molecule has 0 saturated carbocycles. The largest absolute Gasteiger partial charge is 0.216 e. The van der Waals surface area contributed by atoms with Crippen LogP contribution in [0.15, 0.2) is 18.2 Å². The summed E-state index contributed by atoms with van der Waals surface area (Å²) in [6.45, 7) is 1.89. The molecule has 12 heavy (non-hydrogen) atoms. The first-order valence-electron chi connectivity index (χ1n) is 3.24. The molecule has 0 aliphatic rings. The highest BCUT2D eigenvalue weighted by molar-refractivity contribution is 6.66. The van der Waals surface area contributed by atoms with E-state index in [-0.39, 0.29) is 0 Å². The van der Waals surface area contributed by atoms with Gasteiger partial charge in [-0.25, -0.2) is 0 Å². The summed E-state index contributed by atoms with van der Waals surface area (Å²) in [5.41, 5.74) is 1.57. The first kappa shape index (κ1) is 10.5. The van der Waals surface area contributed by atoms with E-state index in [0.29, 0.717) is 10.6 Å². The Bertz CT molecular complexity index is 267. The van der Waals surface area contributed by atoms with Gasteiger partial charge >= 0.3 is 0 Å². The second kappa shape index (κ2) is 3.63. The number of hydrogen-bond acceptors (Lipinski definition) is 0. The first-order chi connectivity index (χ1) is 5.39. The molecule has 1 rings (SSSR count). The molecule has 66 valence electrons. The molecule has 0 spiro atoms. The minimum absolute atomic E-state index is 0.580. The average Bonchev–Trinajstić information content (AvgIpc) is 1.82. The van der Waals surface area contributed by atoms with Crippen molar-refractivity contribution in [3.05, 3.63) is 34.3 Å². The fourth-order valence-electron chi connectivity index (χ4n) is 0.900. The van der Waals surface area contributed by atoms with E-state index in [4.69, 9.17) is 46.4 Å². The van der Waals surface area contributed by atoms with Gasteiger partial charge in [-0.3, -0.25) is 0 Å². The zero-order chi connectivity index (χ0) is 9.35. The third-order valence-electron chi connectivity index (χ3n) is 1.37. The zero-order valence-electron chi connectivity index (χ0n) is 6.24. The van der Waals surface area contributed by atoms with Crippen LogP contribution in [-0.2, 0) is 3.79 Å². The maximum absolute atomic E-state index is 5.78. The van der Waals surface area contributed by atoms with Gasteiger partial charge in [-0.2, -0.15) is 0 Å². The van der Waals surface area contributed by atoms with Crippen LogP contribution in [0.2, 0.25) is 5.02 Å². The van der Waals surface area contributed by atoms with Gasteiger partial charge in [-0.1, -0.05) is 52.5 Å². The second-order valence-electron chi connectivity index (χ2n) is 2.52. The first-order valence-corrected chi connectivity index (χ1v) is 4.75. The SMILES string of the molecule is Cc1cc(Cl)cc(C(Cl)(Cl)Cl)c1. The molecule has 0 N–H and O–H groups in total. The molecule has 1 aromatic carbocycles. The van der Waals surface area contributed by atoms with Crippen LogP contribution in [0.1, 0.15) is 11.1 Å². The highest BCUT2D eigenvalue weighted by atomic mass is 35.6. The van der Waals surface area contributed by atoms with Crippen molar-refractivity contribution >= 4 is 46.4 Å². The number of halogens is 4. The molecule has 0 amide bonds. The smallest absolute Gasteiger partial charge is 0.0843 e. The molecule has 0 heterocycles. The Morgan fingerprint density at radius 1 is 1.08 bits per heavy atom. The maximum Gasteiger partial charge on any atom is 0.216 e. The van der Waals surface area contributed by atoms with Gasteiger partial charge in [0, 0.05) is 10.6 Å².